The fourth-order valence-corrected chi connectivity index (χ4v) is 1.67. The van der Waals surface area contributed by atoms with Gasteiger partial charge in [0.05, 0.1) is 12.2 Å². The molecule has 0 amide bonds. The molecule has 0 fully saturated rings. The lowest BCUT2D eigenvalue weighted by Gasteiger charge is -2.23. The van der Waals surface area contributed by atoms with Gasteiger partial charge in [-0.2, -0.15) is 0 Å². The van der Waals surface area contributed by atoms with Crippen molar-refractivity contribution in [3.8, 4) is 0 Å². The van der Waals surface area contributed by atoms with Crippen LogP contribution in [-0.2, 0) is 9.47 Å². The van der Waals surface area contributed by atoms with Crippen LogP contribution in [-0.4, -0.2) is 31.0 Å². The Labute approximate surface area is 110 Å². The number of ether oxygens (including phenoxy) is 2. The van der Waals surface area contributed by atoms with Crippen LogP contribution >= 0.6 is 0 Å². The summed E-state index contributed by atoms with van der Waals surface area (Å²) in [6.07, 6.45) is 0.251. The van der Waals surface area contributed by atoms with Crippen molar-refractivity contribution in [3.05, 3.63) is 35.4 Å². The maximum absolute atomic E-state index is 10.0. The van der Waals surface area contributed by atoms with Crippen molar-refractivity contribution in [2.75, 3.05) is 20.3 Å². The van der Waals surface area contributed by atoms with Crippen molar-refractivity contribution in [3.63, 3.8) is 0 Å². The van der Waals surface area contributed by atoms with E-state index in [9.17, 15) is 5.11 Å². The Balaban J connectivity index is 2.34. The summed E-state index contributed by atoms with van der Waals surface area (Å²) in [5.74, 6) is 0. The van der Waals surface area contributed by atoms with E-state index in [2.05, 4.69) is 0 Å². The molecule has 1 aromatic carbocycles. The standard InChI is InChI=1S/C15H24O3/c1-12-7-5-6-8-13(12)14(16)11-18-10-9-15(2,3)17-4/h5-8,14,16H,9-11H2,1-4H3. The topological polar surface area (TPSA) is 38.7 Å². The van der Waals surface area contributed by atoms with Gasteiger partial charge in [0.25, 0.3) is 0 Å². The van der Waals surface area contributed by atoms with Gasteiger partial charge >= 0.3 is 0 Å². The van der Waals surface area contributed by atoms with Gasteiger partial charge in [0.1, 0.15) is 6.10 Å². The van der Waals surface area contributed by atoms with Gasteiger partial charge in [0.15, 0.2) is 0 Å². The molecule has 1 atom stereocenters. The second-order valence-corrected chi connectivity index (χ2v) is 5.16. The minimum Gasteiger partial charge on any atom is -0.386 e. The molecule has 0 bridgehead atoms. The zero-order chi connectivity index (χ0) is 13.6. The number of hydrogen-bond acceptors (Lipinski definition) is 3. The number of aryl methyl sites for hydroxylation is 1. The van der Waals surface area contributed by atoms with Crippen LogP contribution in [0, 0.1) is 6.92 Å². The van der Waals surface area contributed by atoms with Crippen LogP contribution in [0.15, 0.2) is 24.3 Å². The first kappa shape index (κ1) is 15.2. The van der Waals surface area contributed by atoms with Gasteiger partial charge in [0.2, 0.25) is 0 Å². The monoisotopic (exact) mass is 252 g/mol. The van der Waals surface area contributed by atoms with Gasteiger partial charge < -0.3 is 14.6 Å². The van der Waals surface area contributed by atoms with Crippen molar-refractivity contribution < 1.29 is 14.6 Å². The van der Waals surface area contributed by atoms with Gasteiger partial charge in [-0.25, -0.2) is 0 Å². The molecular weight excluding hydrogens is 228 g/mol. The third-order valence-electron chi connectivity index (χ3n) is 3.22. The predicted molar refractivity (Wildman–Crippen MR) is 72.7 cm³/mol. The molecule has 18 heavy (non-hydrogen) atoms. The highest BCUT2D eigenvalue weighted by Gasteiger charge is 2.16. The molecule has 1 rings (SSSR count). The van der Waals surface area contributed by atoms with Crippen LogP contribution in [0.3, 0.4) is 0 Å². The third kappa shape index (κ3) is 4.77. The Morgan fingerprint density at radius 1 is 1.28 bits per heavy atom. The molecule has 3 nitrogen and oxygen atoms in total. The van der Waals surface area contributed by atoms with Crippen molar-refractivity contribution >= 4 is 0 Å². The fraction of sp³-hybridized carbons (Fsp3) is 0.600. The Morgan fingerprint density at radius 3 is 2.56 bits per heavy atom. The summed E-state index contributed by atoms with van der Waals surface area (Å²) in [7, 11) is 1.70. The zero-order valence-electron chi connectivity index (χ0n) is 11.8. The maximum Gasteiger partial charge on any atom is 0.103 e. The SMILES string of the molecule is COC(C)(C)CCOCC(O)c1ccccc1C. The van der Waals surface area contributed by atoms with Crippen molar-refractivity contribution in [2.45, 2.75) is 38.9 Å². The van der Waals surface area contributed by atoms with Crippen LogP contribution < -0.4 is 0 Å². The van der Waals surface area contributed by atoms with Gasteiger partial charge in [-0.05, 0) is 38.3 Å². The highest BCUT2D eigenvalue weighted by Crippen LogP contribution is 2.18. The largest absolute Gasteiger partial charge is 0.386 e. The molecule has 1 aromatic rings. The van der Waals surface area contributed by atoms with E-state index < -0.39 is 6.10 Å². The van der Waals surface area contributed by atoms with E-state index in [4.69, 9.17) is 9.47 Å². The van der Waals surface area contributed by atoms with Crippen LogP contribution in [0.25, 0.3) is 0 Å². The van der Waals surface area contributed by atoms with E-state index in [1.54, 1.807) is 7.11 Å². The molecule has 3 heteroatoms. The summed E-state index contributed by atoms with van der Waals surface area (Å²) in [5.41, 5.74) is 1.85. The molecular formula is C15H24O3. The fourth-order valence-electron chi connectivity index (χ4n) is 1.67. The molecule has 0 saturated carbocycles. The lowest BCUT2D eigenvalue weighted by molar-refractivity contribution is -0.0249. The number of rotatable bonds is 7. The molecule has 0 spiro atoms. The minimum absolute atomic E-state index is 0.173. The molecule has 0 saturated heterocycles. The van der Waals surface area contributed by atoms with E-state index in [0.29, 0.717) is 13.2 Å². The highest BCUT2D eigenvalue weighted by molar-refractivity contribution is 5.27. The average molecular weight is 252 g/mol. The second-order valence-electron chi connectivity index (χ2n) is 5.16. The second kappa shape index (κ2) is 6.88. The molecule has 102 valence electrons. The molecule has 0 aliphatic rings. The first-order valence-electron chi connectivity index (χ1n) is 6.33. The predicted octanol–water partition coefficient (Wildman–Crippen LogP) is 2.86. The molecule has 1 N–H and O–H groups in total. The van der Waals surface area contributed by atoms with Crippen LogP contribution in [0.5, 0.6) is 0 Å². The van der Waals surface area contributed by atoms with E-state index in [-0.39, 0.29) is 5.60 Å². The molecule has 0 aromatic heterocycles. The first-order valence-corrected chi connectivity index (χ1v) is 6.33. The van der Waals surface area contributed by atoms with Crippen LogP contribution in [0.4, 0.5) is 0 Å². The summed E-state index contributed by atoms with van der Waals surface area (Å²) >= 11 is 0. The van der Waals surface area contributed by atoms with Gasteiger partial charge in [0, 0.05) is 13.7 Å². The summed E-state index contributed by atoms with van der Waals surface area (Å²) in [6.45, 7) is 6.95. The number of methoxy groups -OCH3 is 1. The van der Waals surface area contributed by atoms with Crippen molar-refractivity contribution in [1.82, 2.24) is 0 Å². The normalized spacial score (nSPS) is 13.6. The van der Waals surface area contributed by atoms with E-state index in [0.717, 1.165) is 17.5 Å². The Hall–Kier alpha value is -0.900. The van der Waals surface area contributed by atoms with Crippen molar-refractivity contribution in [1.29, 1.82) is 0 Å². The quantitative estimate of drug-likeness (QED) is 0.758. The molecule has 0 aliphatic carbocycles. The minimum atomic E-state index is -0.558. The van der Waals surface area contributed by atoms with E-state index in [1.165, 1.54) is 0 Å². The van der Waals surface area contributed by atoms with Crippen molar-refractivity contribution in [2.24, 2.45) is 0 Å². The van der Waals surface area contributed by atoms with Gasteiger partial charge in [-0.3, -0.25) is 0 Å². The van der Waals surface area contributed by atoms with Crippen LogP contribution in [0.1, 0.15) is 37.5 Å². The lowest BCUT2D eigenvalue weighted by atomic mass is 10.0. The average Bonchev–Trinajstić information content (AvgIpc) is 2.35. The Morgan fingerprint density at radius 2 is 1.94 bits per heavy atom. The third-order valence-corrected chi connectivity index (χ3v) is 3.22. The van der Waals surface area contributed by atoms with Gasteiger partial charge in [-0.15, -0.1) is 0 Å². The smallest absolute Gasteiger partial charge is 0.103 e. The summed E-state index contributed by atoms with van der Waals surface area (Å²) in [4.78, 5) is 0. The van der Waals surface area contributed by atoms with Crippen LogP contribution in [0.2, 0.25) is 0 Å². The molecule has 0 heterocycles. The summed E-state index contributed by atoms with van der Waals surface area (Å²) < 4.78 is 10.8. The lowest BCUT2D eigenvalue weighted by Crippen LogP contribution is -2.25. The number of aliphatic hydroxyl groups is 1. The van der Waals surface area contributed by atoms with E-state index >= 15 is 0 Å². The number of aliphatic hydroxyl groups excluding tert-OH is 1. The first-order chi connectivity index (χ1) is 8.46. The number of hydrogen-bond donors (Lipinski definition) is 1. The molecule has 0 aliphatic heterocycles. The Bertz CT molecular complexity index is 361. The molecule has 1 unspecified atom stereocenters. The number of benzene rings is 1. The summed E-state index contributed by atoms with van der Waals surface area (Å²) in [6, 6.07) is 7.82. The maximum atomic E-state index is 10.0. The van der Waals surface area contributed by atoms with E-state index in [1.807, 2.05) is 45.0 Å². The molecule has 0 radical (unpaired) electrons. The van der Waals surface area contributed by atoms with Gasteiger partial charge in [-0.1, -0.05) is 24.3 Å². The zero-order valence-corrected chi connectivity index (χ0v) is 11.8. The summed E-state index contributed by atoms with van der Waals surface area (Å²) in [5, 5.41) is 10.0. The highest BCUT2D eigenvalue weighted by atomic mass is 16.5. The Kier molecular flexibility index (Phi) is 5.79.